The Balaban J connectivity index is 2.82. The molecule has 6 heteroatoms. The van der Waals surface area contributed by atoms with Crippen molar-refractivity contribution in [2.24, 2.45) is 5.92 Å². The Labute approximate surface area is 125 Å². The van der Waals surface area contributed by atoms with E-state index in [2.05, 4.69) is 0 Å². The number of nitrogens with zero attached hydrogens (tertiary/aromatic N) is 1. The first-order valence-electron chi connectivity index (χ1n) is 6.92. The highest BCUT2D eigenvalue weighted by atomic mass is 32.2. The molecule has 0 bridgehead atoms. The van der Waals surface area contributed by atoms with Crippen molar-refractivity contribution in [3.63, 3.8) is 0 Å². The van der Waals surface area contributed by atoms with Crippen molar-refractivity contribution in [1.29, 1.82) is 0 Å². The largest absolute Gasteiger partial charge is 0.481 e. The number of carboxylic acids is 1. The number of thioether (sulfide) groups is 1. The van der Waals surface area contributed by atoms with Crippen LogP contribution in [0.3, 0.4) is 0 Å². The molecule has 3 atom stereocenters. The van der Waals surface area contributed by atoms with Crippen molar-refractivity contribution >= 4 is 23.8 Å². The van der Waals surface area contributed by atoms with Gasteiger partial charge >= 0.3 is 12.1 Å². The van der Waals surface area contributed by atoms with E-state index >= 15 is 0 Å². The molecule has 0 radical (unpaired) electrons. The number of likely N-dealkylation sites (tertiary alicyclic amines) is 1. The smallest absolute Gasteiger partial charge is 0.410 e. The zero-order valence-corrected chi connectivity index (χ0v) is 13.7. The average molecular weight is 303 g/mol. The van der Waals surface area contributed by atoms with Crippen molar-refractivity contribution in [3.8, 4) is 0 Å². The number of carbonyl (C=O) groups is 2. The molecule has 1 N–H and O–H groups in total. The molecular weight excluding hydrogens is 278 g/mol. The predicted octanol–water partition coefficient (Wildman–Crippen LogP) is 2.84. The van der Waals surface area contributed by atoms with Crippen molar-refractivity contribution in [2.75, 3.05) is 12.8 Å². The van der Waals surface area contributed by atoms with E-state index in [1.807, 2.05) is 27.0 Å². The Morgan fingerprint density at radius 2 is 2.00 bits per heavy atom. The first-order chi connectivity index (χ1) is 9.17. The summed E-state index contributed by atoms with van der Waals surface area (Å²) in [5, 5.41) is 9.10. The van der Waals surface area contributed by atoms with E-state index < -0.39 is 17.5 Å². The van der Waals surface area contributed by atoms with Gasteiger partial charge in [-0.2, -0.15) is 11.8 Å². The molecule has 0 unspecified atom stereocenters. The van der Waals surface area contributed by atoms with E-state index in [0.717, 1.165) is 12.8 Å². The summed E-state index contributed by atoms with van der Waals surface area (Å²) in [6.07, 6.45) is 3.29. The lowest BCUT2D eigenvalue weighted by Crippen LogP contribution is -2.47. The number of carboxylic acid groups (broad SMARTS) is 1. The topological polar surface area (TPSA) is 66.8 Å². The Hall–Kier alpha value is -0.910. The lowest BCUT2D eigenvalue weighted by Gasteiger charge is -2.34. The fourth-order valence-corrected chi connectivity index (χ4v) is 3.64. The Morgan fingerprint density at radius 1 is 1.40 bits per heavy atom. The number of aliphatic carboxylic acids is 1. The second-order valence-electron chi connectivity index (χ2n) is 6.21. The van der Waals surface area contributed by atoms with E-state index in [4.69, 9.17) is 4.74 Å². The number of hydrogen-bond acceptors (Lipinski definition) is 4. The summed E-state index contributed by atoms with van der Waals surface area (Å²) in [4.78, 5) is 25.1. The first kappa shape index (κ1) is 17.1. The Morgan fingerprint density at radius 3 is 2.45 bits per heavy atom. The fourth-order valence-electron chi connectivity index (χ4n) is 2.52. The van der Waals surface area contributed by atoms with E-state index in [9.17, 15) is 14.7 Å². The fraction of sp³-hybridized carbons (Fsp3) is 0.857. The van der Waals surface area contributed by atoms with Crippen LogP contribution in [0, 0.1) is 5.92 Å². The van der Waals surface area contributed by atoms with Gasteiger partial charge in [-0.05, 0) is 39.9 Å². The van der Waals surface area contributed by atoms with Crippen LogP contribution in [0.4, 0.5) is 4.79 Å². The zero-order chi connectivity index (χ0) is 15.5. The molecule has 0 aromatic rings. The molecule has 1 saturated heterocycles. The molecular formula is C14H25NO4S. The molecule has 1 rings (SSSR count). The highest BCUT2D eigenvalue weighted by molar-refractivity contribution is 7.99. The molecule has 1 heterocycles. The summed E-state index contributed by atoms with van der Waals surface area (Å²) in [7, 11) is 0. The molecule has 1 fully saturated rings. The van der Waals surface area contributed by atoms with Gasteiger partial charge in [0.05, 0.1) is 5.92 Å². The van der Waals surface area contributed by atoms with Crippen LogP contribution >= 0.6 is 11.8 Å². The van der Waals surface area contributed by atoms with Gasteiger partial charge in [0, 0.05) is 17.8 Å². The molecule has 0 spiro atoms. The quantitative estimate of drug-likeness (QED) is 0.865. The van der Waals surface area contributed by atoms with Crippen LogP contribution in [0.15, 0.2) is 0 Å². The molecule has 0 aliphatic carbocycles. The summed E-state index contributed by atoms with van der Waals surface area (Å²) >= 11 is 1.51. The standard InChI is InChI=1S/C14H25NO4S/c1-9(12(16)17)11(20-5)10-7-6-8-15(10)13(18)19-14(2,3)4/h9-11H,6-8H2,1-5H3,(H,16,17)/t9-,10+,11+/m1/s1. The van der Waals surface area contributed by atoms with Gasteiger partial charge in [-0.3, -0.25) is 4.79 Å². The lowest BCUT2D eigenvalue weighted by atomic mass is 9.99. The van der Waals surface area contributed by atoms with Gasteiger partial charge < -0.3 is 14.7 Å². The summed E-state index contributed by atoms with van der Waals surface area (Å²) in [5.74, 6) is -1.31. The molecule has 0 aromatic carbocycles. The minimum Gasteiger partial charge on any atom is -0.481 e. The minimum atomic E-state index is -0.819. The molecule has 1 amide bonds. The number of ether oxygens (including phenoxy) is 1. The van der Waals surface area contributed by atoms with Gasteiger partial charge in [-0.25, -0.2) is 4.79 Å². The maximum atomic E-state index is 12.2. The number of hydrogen-bond donors (Lipinski definition) is 1. The van der Waals surface area contributed by atoms with Gasteiger partial charge in [0.2, 0.25) is 0 Å². The van der Waals surface area contributed by atoms with Gasteiger partial charge in [-0.1, -0.05) is 6.92 Å². The van der Waals surface area contributed by atoms with Crippen LogP contribution in [0.5, 0.6) is 0 Å². The summed E-state index contributed by atoms with van der Waals surface area (Å²) in [6.45, 7) is 7.85. The third-order valence-corrected chi connectivity index (χ3v) is 4.73. The molecule has 1 aliphatic rings. The van der Waals surface area contributed by atoms with Crippen LogP contribution < -0.4 is 0 Å². The van der Waals surface area contributed by atoms with Gasteiger partial charge in [0.1, 0.15) is 5.60 Å². The van der Waals surface area contributed by atoms with Crippen LogP contribution in [-0.4, -0.2) is 51.8 Å². The third-order valence-electron chi connectivity index (χ3n) is 3.46. The van der Waals surface area contributed by atoms with Crippen molar-refractivity contribution < 1.29 is 19.4 Å². The minimum absolute atomic E-state index is 0.0639. The number of carbonyl (C=O) groups excluding carboxylic acids is 1. The SMILES string of the molecule is CS[C@@H]([C@@H](C)C(=O)O)[C@@H]1CCCN1C(=O)OC(C)(C)C. The van der Waals surface area contributed by atoms with Crippen LogP contribution in [0.25, 0.3) is 0 Å². The number of amides is 1. The Bertz CT molecular complexity index is 367. The van der Waals surface area contributed by atoms with Gasteiger partial charge in [0.25, 0.3) is 0 Å². The summed E-state index contributed by atoms with van der Waals surface area (Å²) in [5.41, 5.74) is -0.530. The second-order valence-corrected chi connectivity index (χ2v) is 7.23. The normalized spacial score (nSPS) is 22.4. The molecule has 5 nitrogen and oxygen atoms in total. The van der Waals surface area contributed by atoms with Crippen LogP contribution in [0.2, 0.25) is 0 Å². The summed E-state index contributed by atoms with van der Waals surface area (Å²) in [6, 6.07) is -0.0639. The monoisotopic (exact) mass is 303 g/mol. The van der Waals surface area contributed by atoms with E-state index in [0.29, 0.717) is 6.54 Å². The van der Waals surface area contributed by atoms with E-state index in [1.165, 1.54) is 11.8 Å². The van der Waals surface area contributed by atoms with Crippen molar-refractivity contribution in [3.05, 3.63) is 0 Å². The molecule has 0 aromatic heterocycles. The van der Waals surface area contributed by atoms with Gasteiger partial charge in [-0.15, -0.1) is 0 Å². The Kier molecular flexibility index (Phi) is 5.74. The highest BCUT2D eigenvalue weighted by Gasteiger charge is 2.40. The van der Waals surface area contributed by atoms with E-state index in [-0.39, 0.29) is 17.4 Å². The molecule has 20 heavy (non-hydrogen) atoms. The maximum absolute atomic E-state index is 12.2. The average Bonchev–Trinajstić information content (AvgIpc) is 2.76. The maximum Gasteiger partial charge on any atom is 0.410 e. The number of rotatable bonds is 4. The van der Waals surface area contributed by atoms with Gasteiger partial charge in [0.15, 0.2) is 0 Å². The zero-order valence-electron chi connectivity index (χ0n) is 12.9. The second kappa shape index (κ2) is 6.70. The molecule has 0 saturated carbocycles. The van der Waals surface area contributed by atoms with Crippen LogP contribution in [-0.2, 0) is 9.53 Å². The molecule has 116 valence electrons. The first-order valence-corrected chi connectivity index (χ1v) is 8.21. The predicted molar refractivity (Wildman–Crippen MR) is 80.1 cm³/mol. The van der Waals surface area contributed by atoms with E-state index in [1.54, 1.807) is 11.8 Å². The molecule has 1 aliphatic heterocycles. The van der Waals surface area contributed by atoms with Crippen molar-refractivity contribution in [2.45, 2.75) is 57.4 Å². The van der Waals surface area contributed by atoms with Crippen LogP contribution in [0.1, 0.15) is 40.5 Å². The summed E-state index contributed by atoms with van der Waals surface area (Å²) < 4.78 is 5.42. The third kappa shape index (κ3) is 4.30. The highest BCUT2D eigenvalue weighted by Crippen LogP contribution is 2.32. The lowest BCUT2D eigenvalue weighted by molar-refractivity contribution is -0.141. The van der Waals surface area contributed by atoms with Crippen molar-refractivity contribution in [1.82, 2.24) is 4.90 Å².